The predicted molar refractivity (Wildman–Crippen MR) is 117 cm³/mol. The summed E-state index contributed by atoms with van der Waals surface area (Å²) in [5.74, 6) is 0.644. The van der Waals surface area contributed by atoms with Crippen LogP contribution in [0, 0.1) is 6.92 Å². The summed E-state index contributed by atoms with van der Waals surface area (Å²) < 4.78 is 15.0. The predicted octanol–water partition coefficient (Wildman–Crippen LogP) is 1.00. The number of hydrogen-bond donors (Lipinski definition) is 0. The van der Waals surface area contributed by atoms with Gasteiger partial charge in [-0.05, 0) is 19.4 Å². The Hall–Kier alpha value is -3.56. The Kier molecular flexibility index (Phi) is 5.53. The summed E-state index contributed by atoms with van der Waals surface area (Å²) in [7, 11) is 3.03. The van der Waals surface area contributed by atoms with Crippen molar-refractivity contribution in [3.05, 3.63) is 60.9 Å². The van der Waals surface area contributed by atoms with Gasteiger partial charge in [-0.15, -0.1) is 0 Å². The molecule has 1 atom stereocenters. The van der Waals surface area contributed by atoms with E-state index in [1.54, 1.807) is 35.6 Å². The van der Waals surface area contributed by atoms with Crippen molar-refractivity contribution in [2.75, 3.05) is 13.1 Å². The van der Waals surface area contributed by atoms with Gasteiger partial charge in [0.05, 0.1) is 18.0 Å². The fourth-order valence-corrected chi connectivity index (χ4v) is 4.28. The lowest BCUT2D eigenvalue weighted by molar-refractivity contribution is 0.0761. The third-order valence-electron chi connectivity index (χ3n) is 5.76. The fourth-order valence-electron chi connectivity index (χ4n) is 4.28. The van der Waals surface area contributed by atoms with Crippen molar-refractivity contribution in [3.63, 3.8) is 0 Å². The summed E-state index contributed by atoms with van der Waals surface area (Å²) in [6, 6.07) is 4.50. The molecular weight excluding hydrogens is 416 g/mol. The quantitative estimate of drug-likeness (QED) is 0.583. The van der Waals surface area contributed by atoms with E-state index in [1.807, 2.05) is 6.92 Å². The number of likely N-dealkylation sites (tertiary alicyclic amines) is 1. The topological polar surface area (TPSA) is 109 Å². The molecule has 0 radical (unpaired) electrons. The van der Waals surface area contributed by atoms with Crippen LogP contribution in [-0.2, 0) is 20.6 Å². The molecule has 4 heterocycles. The molecular formula is C22H26N4O6. The number of amides is 1. The van der Waals surface area contributed by atoms with Crippen molar-refractivity contribution in [2.45, 2.75) is 39.3 Å². The summed E-state index contributed by atoms with van der Waals surface area (Å²) in [6.45, 7) is 4.97. The van der Waals surface area contributed by atoms with Crippen molar-refractivity contribution in [3.8, 4) is 5.75 Å². The molecule has 0 aliphatic carbocycles. The van der Waals surface area contributed by atoms with Crippen LogP contribution in [0.5, 0.6) is 5.75 Å². The second kappa shape index (κ2) is 8.18. The first-order valence-corrected chi connectivity index (χ1v) is 10.6. The van der Waals surface area contributed by atoms with Gasteiger partial charge in [0.1, 0.15) is 29.0 Å². The fraction of sp³-hybridized carbons (Fsp3) is 0.455. The lowest BCUT2D eigenvalue weighted by Crippen LogP contribution is -2.37. The van der Waals surface area contributed by atoms with Gasteiger partial charge < -0.3 is 18.6 Å². The molecule has 32 heavy (non-hydrogen) atoms. The highest BCUT2D eigenvalue weighted by Gasteiger charge is 2.31. The molecule has 0 unspecified atom stereocenters. The zero-order valence-corrected chi connectivity index (χ0v) is 18.6. The molecule has 4 rings (SSSR count). The number of aromatic nitrogens is 3. The van der Waals surface area contributed by atoms with Gasteiger partial charge in [0, 0.05) is 39.7 Å². The van der Waals surface area contributed by atoms with E-state index in [2.05, 4.69) is 0 Å². The summed E-state index contributed by atoms with van der Waals surface area (Å²) in [6.07, 6.45) is 1.08. The maximum atomic E-state index is 13.4. The van der Waals surface area contributed by atoms with Crippen LogP contribution in [0.4, 0.5) is 0 Å². The van der Waals surface area contributed by atoms with E-state index in [-0.39, 0.29) is 12.0 Å². The van der Waals surface area contributed by atoms with Crippen molar-refractivity contribution in [1.29, 1.82) is 0 Å². The Bertz CT molecular complexity index is 1380. The van der Waals surface area contributed by atoms with Gasteiger partial charge in [0.15, 0.2) is 0 Å². The van der Waals surface area contributed by atoms with Gasteiger partial charge in [0.25, 0.3) is 11.5 Å². The third kappa shape index (κ3) is 3.65. The molecule has 3 aromatic heterocycles. The molecule has 1 saturated heterocycles. The number of aryl methyl sites for hydroxylation is 3. The molecule has 0 spiro atoms. The molecule has 1 aliphatic heterocycles. The van der Waals surface area contributed by atoms with E-state index in [4.69, 9.17) is 9.15 Å². The minimum Gasteiger partial charge on any atom is -0.488 e. The van der Waals surface area contributed by atoms with E-state index < -0.39 is 16.9 Å². The van der Waals surface area contributed by atoms with E-state index >= 15 is 0 Å². The maximum absolute atomic E-state index is 13.4. The van der Waals surface area contributed by atoms with Gasteiger partial charge in [-0.1, -0.05) is 6.92 Å². The van der Waals surface area contributed by atoms with Gasteiger partial charge in [-0.2, -0.15) is 0 Å². The van der Waals surface area contributed by atoms with Gasteiger partial charge >= 0.3 is 11.3 Å². The number of nitrogens with zero attached hydrogens (tertiary/aromatic N) is 4. The number of ether oxygens (including phenoxy) is 1. The van der Waals surface area contributed by atoms with Crippen LogP contribution in [0.2, 0.25) is 0 Å². The minimum atomic E-state index is -0.484. The average molecular weight is 442 g/mol. The molecule has 0 aromatic carbocycles. The third-order valence-corrected chi connectivity index (χ3v) is 5.76. The Labute approximate surface area is 183 Å². The highest BCUT2D eigenvalue weighted by atomic mass is 16.5. The second-order valence-corrected chi connectivity index (χ2v) is 8.13. The number of carbonyl (C=O) groups excluding carboxylic acids is 1. The van der Waals surface area contributed by atoms with Crippen LogP contribution in [0.15, 0.2) is 37.0 Å². The first-order chi connectivity index (χ1) is 15.2. The number of carbonyl (C=O) groups is 1. The van der Waals surface area contributed by atoms with Gasteiger partial charge in [-0.3, -0.25) is 18.7 Å². The highest BCUT2D eigenvalue weighted by Crippen LogP contribution is 2.23. The monoisotopic (exact) mass is 442 g/mol. The molecule has 0 bridgehead atoms. The SMILES string of the molecule is CCCn1c(C(=O)N2CC[C@H](Oc3cc(C)oc(=O)c3)C2)cc2c(=O)n(C)c(=O)n(C)c21. The van der Waals surface area contributed by atoms with Crippen LogP contribution in [0.25, 0.3) is 11.0 Å². The van der Waals surface area contributed by atoms with Gasteiger partial charge in [-0.25, -0.2) is 9.59 Å². The number of fused-ring (bicyclic) bond motifs is 1. The van der Waals surface area contributed by atoms with Crippen LogP contribution in [0.3, 0.4) is 0 Å². The lowest BCUT2D eigenvalue weighted by Gasteiger charge is -2.19. The molecule has 3 aromatic rings. The van der Waals surface area contributed by atoms with Crippen LogP contribution in [-0.4, -0.2) is 43.7 Å². The average Bonchev–Trinajstić information content (AvgIpc) is 3.35. The van der Waals surface area contributed by atoms with Crippen molar-refractivity contribution < 1.29 is 13.9 Å². The van der Waals surface area contributed by atoms with Crippen LogP contribution >= 0.6 is 0 Å². The summed E-state index contributed by atoms with van der Waals surface area (Å²) in [5, 5.41) is 0.338. The molecule has 1 fully saturated rings. The van der Waals surface area contributed by atoms with Crippen LogP contribution in [0.1, 0.15) is 36.0 Å². The highest BCUT2D eigenvalue weighted by molar-refractivity contribution is 5.98. The van der Waals surface area contributed by atoms with E-state index in [0.29, 0.717) is 54.3 Å². The van der Waals surface area contributed by atoms with E-state index in [1.165, 1.54) is 17.7 Å². The van der Waals surface area contributed by atoms with Crippen molar-refractivity contribution in [2.24, 2.45) is 14.1 Å². The lowest BCUT2D eigenvalue weighted by atomic mass is 10.3. The molecule has 10 nitrogen and oxygen atoms in total. The normalized spacial score (nSPS) is 16.1. The zero-order chi connectivity index (χ0) is 23.2. The molecule has 1 aliphatic rings. The number of rotatable bonds is 5. The second-order valence-electron chi connectivity index (χ2n) is 8.13. The first-order valence-electron chi connectivity index (χ1n) is 10.6. The molecule has 170 valence electrons. The van der Waals surface area contributed by atoms with E-state index in [0.717, 1.165) is 11.0 Å². The molecule has 1 amide bonds. The zero-order valence-electron chi connectivity index (χ0n) is 18.6. The summed E-state index contributed by atoms with van der Waals surface area (Å²) in [4.78, 5) is 51.8. The molecule has 0 N–H and O–H groups in total. The molecule has 0 saturated carbocycles. The smallest absolute Gasteiger partial charge is 0.339 e. The summed E-state index contributed by atoms with van der Waals surface area (Å²) in [5.41, 5.74) is -0.525. The summed E-state index contributed by atoms with van der Waals surface area (Å²) >= 11 is 0. The van der Waals surface area contributed by atoms with Gasteiger partial charge in [0.2, 0.25) is 0 Å². The minimum absolute atomic E-state index is 0.223. The molecule has 10 heteroatoms. The van der Waals surface area contributed by atoms with Crippen LogP contribution < -0.4 is 21.6 Å². The largest absolute Gasteiger partial charge is 0.488 e. The Morgan fingerprint density at radius 2 is 1.91 bits per heavy atom. The standard InChI is InChI=1S/C22H26N4O6/c1-5-7-26-17(11-16-19(26)23(3)22(30)24(4)20(16)28)21(29)25-8-6-14(12-25)32-15-9-13(2)31-18(27)10-15/h9-11,14H,5-8,12H2,1-4H3/t14-/m0/s1. The Morgan fingerprint density at radius 1 is 1.16 bits per heavy atom. The number of hydrogen-bond acceptors (Lipinski definition) is 6. The first kappa shape index (κ1) is 21.7. The maximum Gasteiger partial charge on any atom is 0.339 e. The van der Waals surface area contributed by atoms with E-state index in [9.17, 15) is 19.2 Å². The Morgan fingerprint density at radius 3 is 2.59 bits per heavy atom. The van der Waals surface area contributed by atoms with Crippen molar-refractivity contribution >= 4 is 16.9 Å². The van der Waals surface area contributed by atoms with Crippen molar-refractivity contribution in [1.82, 2.24) is 18.6 Å². The Balaban J connectivity index is 1.65.